The zero-order valence-electron chi connectivity index (χ0n) is 9.80. The van der Waals surface area contributed by atoms with E-state index in [1.165, 1.54) is 19.2 Å². The van der Waals surface area contributed by atoms with Crippen LogP contribution in [-0.2, 0) is 9.53 Å². The molecular formula is C10H11N3O5. The Bertz CT molecular complexity index is 535. The Hall–Kier alpha value is -2.38. The second-order valence-corrected chi connectivity index (χ2v) is 4.07. The Morgan fingerprint density at radius 1 is 1.67 bits per heavy atom. The largest absolute Gasteiger partial charge is 0.467 e. The molecule has 18 heavy (non-hydrogen) atoms. The first kappa shape index (κ1) is 12.1. The van der Waals surface area contributed by atoms with Gasteiger partial charge in [0.2, 0.25) is 0 Å². The quantitative estimate of drug-likeness (QED) is 0.485. The molecule has 0 spiro atoms. The molecule has 1 aliphatic heterocycles. The van der Waals surface area contributed by atoms with Crippen LogP contribution >= 0.6 is 0 Å². The first-order valence-electron chi connectivity index (χ1n) is 5.13. The van der Waals surface area contributed by atoms with E-state index in [4.69, 9.17) is 4.42 Å². The number of furan rings is 1. The number of ether oxygens (including phenoxy) is 1. The van der Waals surface area contributed by atoms with Gasteiger partial charge in [-0.3, -0.25) is 15.5 Å². The summed E-state index contributed by atoms with van der Waals surface area (Å²) < 4.78 is 9.66. The van der Waals surface area contributed by atoms with Gasteiger partial charge in [-0.1, -0.05) is 0 Å². The number of carbonyl (C=O) groups excluding carboxylic acids is 1. The van der Waals surface area contributed by atoms with Crippen LogP contribution in [-0.4, -0.2) is 29.3 Å². The molecule has 2 heterocycles. The van der Waals surface area contributed by atoms with Crippen LogP contribution in [0.2, 0.25) is 0 Å². The van der Waals surface area contributed by atoms with E-state index in [1.807, 2.05) is 0 Å². The Balaban J connectivity index is 2.17. The van der Waals surface area contributed by atoms with E-state index < -0.39 is 16.4 Å². The summed E-state index contributed by atoms with van der Waals surface area (Å²) >= 11 is 0. The Morgan fingerprint density at radius 2 is 2.39 bits per heavy atom. The number of nitrogens with zero attached hydrogens (tertiary/aromatic N) is 2. The van der Waals surface area contributed by atoms with Crippen LogP contribution in [0.4, 0.5) is 5.88 Å². The van der Waals surface area contributed by atoms with Crippen molar-refractivity contribution in [3.8, 4) is 0 Å². The van der Waals surface area contributed by atoms with Crippen molar-refractivity contribution in [3.63, 3.8) is 0 Å². The number of nitrogens with one attached hydrogen (secondary N) is 1. The smallest absolute Gasteiger partial charge is 0.433 e. The molecule has 8 heteroatoms. The van der Waals surface area contributed by atoms with Crippen molar-refractivity contribution in [3.05, 3.63) is 28.0 Å². The second kappa shape index (κ2) is 4.13. The Kier molecular flexibility index (Phi) is 2.77. The molecule has 0 bridgehead atoms. The summed E-state index contributed by atoms with van der Waals surface area (Å²) in [5.41, 5.74) is 2.13. The fourth-order valence-corrected chi connectivity index (χ4v) is 1.67. The molecule has 1 atom stereocenters. The topological polar surface area (TPSA) is 107 Å². The minimum atomic E-state index is -0.967. The summed E-state index contributed by atoms with van der Waals surface area (Å²) in [6.07, 6.45) is 0.240. The van der Waals surface area contributed by atoms with Crippen LogP contribution in [0.3, 0.4) is 0 Å². The lowest BCUT2D eigenvalue weighted by molar-refractivity contribution is -0.402. The maximum absolute atomic E-state index is 11.5. The van der Waals surface area contributed by atoms with E-state index >= 15 is 0 Å². The molecule has 96 valence electrons. The highest BCUT2D eigenvalue weighted by Gasteiger charge is 2.41. The van der Waals surface area contributed by atoms with E-state index in [2.05, 4.69) is 15.3 Å². The molecule has 0 aromatic carbocycles. The minimum Gasteiger partial charge on any atom is -0.467 e. The predicted molar refractivity (Wildman–Crippen MR) is 60.1 cm³/mol. The van der Waals surface area contributed by atoms with Crippen molar-refractivity contribution in [1.29, 1.82) is 0 Å². The minimum absolute atomic E-state index is 0.240. The van der Waals surface area contributed by atoms with Crippen molar-refractivity contribution in [2.45, 2.75) is 18.9 Å². The highest BCUT2D eigenvalue weighted by Crippen LogP contribution is 2.25. The highest BCUT2D eigenvalue weighted by molar-refractivity contribution is 6.03. The summed E-state index contributed by atoms with van der Waals surface area (Å²) in [7, 11) is 1.28. The number of carbonyl (C=O) groups is 1. The molecule has 1 aromatic rings. The fourth-order valence-electron chi connectivity index (χ4n) is 1.67. The standard InChI is InChI=1S/C10H11N3O5/c1-10(9(14)17-2)5-6(11-12-10)7-3-4-8(18-7)13(15)16/h3-4,12H,5H2,1-2H3/t10-/m0/s1. The van der Waals surface area contributed by atoms with Crippen LogP contribution in [0, 0.1) is 10.1 Å². The van der Waals surface area contributed by atoms with Gasteiger partial charge in [0, 0.05) is 6.42 Å². The third-order valence-corrected chi connectivity index (χ3v) is 2.65. The average molecular weight is 253 g/mol. The van der Waals surface area contributed by atoms with Crippen LogP contribution < -0.4 is 5.43 Å². The highest BCUT2D eigenvalue weighted by atomic mass is 16.6. The molecule has 1 N–H and O–H groups in total. The first-order valence-corrected chi connectivity index (χ1v) is 5.13. The van der Waals surface area contributed by atoms with E-state index in [1.54, 1.807) is 6.92 Å². The Morgan fingerprint density at radius 3 is 2.94 bits per heavy atom. The first-order chi connectivity index (χ1) is 8.46. The van der Waals surface area contributed by atoms with Crippen LogP contribution in [0.15, 0.2) is 21.7 Å². The molecular weight excluding hydrogens is 242 g/mol. The van der Waals surface area contributed by atoms with Crippen molar-refractivity contribution in [1.82, 2.24) is 5.43 Å². The van der Waals surface area contributed by atoms with Gasteiger partial charge in [0.05, 0.1) is 13.2 Å². The van der Waals surface area contributed by atoms with Crippen LogP contribution in [0.5, 0.6) is 0 Å². The number of hydrazone groups is 1. The average Bonchev–Trinajstić information content (AvgIpc) is 2.95. The molecule has 1 aromatic heterocycles. The predicted octanol–water partition coefficient (Wildman–Crippen LogP) is 0.817. The summed E-state index contributed by atoms with van der Waals surface area (Å²) in [6.45, 7) is 1.63. The van der Waals surface area contributed by atoms with Gasteiger partial charge in [-0.15, -0.1) is 0 Å². The van der Waals surface area contributed by atoms with Gasteiger partial charge in [0.25, 0.3) is 0 Å². The van der Waals surface area contributed by atoms with Gasteiger partial charge in [0.1, 0.15) is 10.6 Å². The third kappa shape index (κ3) is 1.92. The lowest BCUT2D eigenvalue weighted by Crippen LogP contribution is -2.44. The van der Waals surface area contributed by atoms with E-state index in [0.717, 1.165) is 0 Å². The van der Waals surface area contributed by atoms with E-state index in [-0.39, 0.29) is 18.1 Å². The van der Waals surface area contributed by atoms with Crippen LogP contribution in [0.25, 0.3) is 0 Å². The SMILES string of the molecule is COC(=O)[C@]1(C)CC(c2ccc([N+](=O)[O-])o2)=NN1. The second-order valence-electron chi connectivity index (χ2n) is 4.07. The lowest BCUT2D eigenvalue weighted by Gasteiger charge is -2.19. The monoisotopic (exact) mass is 253 g/mol. The normalized spacial score (nSPS) is 22.2. The van der Waals surface area contributed by atoms with Crippen molar-refractivity contribution >= 4 is 17.6 Å². The number of esters is 1. The fraction of sp³-hybridized carbons (Fsp3) is 0.400. The lowest BCUT2D eigenvalue weighted by atomic mass is 9.96. The molecule has 0 amide bonds. The number of hydrogen-bond acceptors (Lipinski definition) is 7. The third-order valence-electron chi connectivity index (χ3n) is 2.65. The summed E-state index contributed by atoms with van der Waals surface area (Å²) in [6, 6.07) is 2.69. The molecule has 0 saturated carbocycles. The van der Waals surface area contributed by atoms with Gasteiger partial charge >= 0.3 is 11.9 Å². The summed E-state index contributed by atoms with van der Waals surface area (Å²) in [5.74, 6) is -0.552. The van der Waals surface area contributed by atoms with Gasteiger partial charge < -0.3 is 9.15 Å². The molecule has 0 saturated heterocycles. The van der Waals surface area contributed by atoms with Gasteiger partial charge in [-0.2, -0.15) is 5.10 Å². The van der Waals surface area contributed by atoms with Crippen molar-refractivity contribution < 1.29 is 18.9 Å². The summed E-state index contributed by atoms with van der Waals surface area (Å²) in [5, 5.41) is 14.4. The molecule has 0 aliphatic carbocycles. The molecule has 0 unspecified atom stereocenters. The molecule has 0 fully saturated rings. The van der Waals surface area contributed by atoms with Gasteiger partial charge in [0.15, 0.2) is 11.3 Å². The molecule has 1 aliphatic rings. The van der Waals surface area contributed by atoms with Crippen molar-refractivity contribution in [2.75, 3.05) is 7.11 Å². The summed E-state index contributed by atoms with van der Waals surface area (Å²) in [4.78, 5) is 21.4. The number of methoxy groups -OCH3 is 1. The van der Waals surface area contributed by atoms with E-state index in [9.17, 15) is 14.9 Å². The van der Waals surface area contributed by atoms with E-state index in [0.29, 0.717) is 5.71 Å². The maximum atomic E-state index is 11.5. The maximum Gasteiger partial charge on any atom is 0.433 e. The zero-order chi connectivity index (χ0) is 13.3. The molecule has 8 nitrogen and oxygen atoms in total. The molecule has 2 rings (SSSR count). The van der Waals surface area contributed by atoms with Gasteiger partial charge in [-0.05, 0) is 13.0 Å². The zero-order valence-corrected chi connectivity index (χ0v) is 9.80. The number of hydrogen-bond donors (Lipinski definition) is 1. The number of nitro groups is 1. The number of rotatable bonds is 3. The van der Waals surface area contributed by atoms with Crippen LogP contribution in [0.1, 0.15) is 19.1 Å². The Labute approximate surface area is 102 Å². The van der Waals surface area contributed by atoms with Gasteiger partial charge in [-0.25, -0.2) is 4.79 Å². The van der Waals surface area contributed by atoms with Crippen molar-refractivity contribution in [2.24, 2.45) is 5.10 Å². The molecule has 0 radical (unpaired) electrons.